The van der Waals surface area contributed by atoms with Gasteiger partial charge in [0.25, 0.3) is 0 Å². The van der Waals surface area contributed by atoms with Gasteiger partial charge in [-0.25, -0.2) is 0 Å². The topological polar surface area (TPSA) is 38.0 Å². The van der Waals surface area contributed by atoms with Crippen LogP contribution in [0.5, 0.6) is 0 Å². The highest BCUT2D eigenvalue weighted by atomic mass is 79.9. The van der Waals surface area contributed by atoms with Crippen molar-refractivity contribution < 1.29 is 5.11 Å². The van der Waals surface area contributed by atoms with Gasteiger partial charge in [0.15, 0.2) is 0 Å². The highest BCUT2D eigenvalue weighted by Gasteiger charge is 2.15. The lowest BCUT2D eigenvalue weighted by molar-refractivity contribution is 0.211. The van der Waals surface area contributed by atoms with Gasteiger partial charge in [-0.3, -0.25) is 4.68 Å². The first-order chi connectivity index (χ1) is 8.08. The molecule has 0 bridgehead atoms. The van der Waals surface area contributed by atoms with Crippen LogP contribution in [0.4, 0.5) is 0 Å². The molecule has 1 aliphatic rings. The third kappa shape index (κ3) is 2.99. The molecule has 1 atom stereocenters. The van der Waals surface area contributed by atoms with Crippen LogP contribution in [-0.4, -0.2) is 21.0 Å². The molecule has 0 radical (unpaired) electrons. The Labute approximate surface area is 111 Å². The number of allylic oxidation sites excluding steroid dienone is 1. The van der Waals surface area contributed by atoms with Crippen molar-refractivity contribution in [2.45, 2.75) is 45.1 Å². The van der Waals surface area contributed by atoms with Crippen LogP contribution in [0.3, 0.4) is 0 Å². The summed E-state index contributed by atoms with van der Waals surface area (Å²) in [6.07, 6.45) is 6.93. The molecule has 94 valence electrons. The average molecular weight is 299 g/mol. The van der Waals surface area contributed by atoms with E-state index < -0.39 is 0 Å². The fourth-order valence-electron chi connectivity index (χ4n) is 2.38. The van der Waals surface area contributed by atoms with Gasteiger partial charge < -0.3 is 5.11 Å². The highest BCUT2D eigenvalue weighted by Crippen LogP contribution is 2.26. The average Bonchev–Trinajstić information content (AvgIpc) is 2.46. The Hall–Kier alpha value is -0.610. The SMILES string of the molecule is Cc1nn(C)c(CC2=CC(O)CCCC2)c1Br. The first kappa shape index (κ1) is 12.8. The third-order valence-electron chi connectivity index (χ3n) is 3.33. The van der Waals surface area contributed by atoms with Crippen molar-refractivity contribution in [1.29, 1.82) is 0 Å². The van der Waals surface area contributed by atoms with E-state index in [-0.39, 0.29) is 6.10 Å². The Balaban J connectivity index is 2.19. The zero-order valence-corrected chi connectivity index (χ0v) is 12.0. The second-order valence-corrected chi connectivity index (χ2v) is 5.58. The summed E-state index contributed by atoms with van der Waals surface area (Å²) in [7, 11) is 1.97. The van der Waals surface area contributed by atoms with Crippen molar-refractivity contribution in [2.75, 3.05) is 0 Å². The van der Waals surface area contributed by atoms with Crippen molar-refractivity contribution in [2.24, 2.45) is 7.05 Å². The zero-order chi connectivity index (χ0) is 12.4. The molecule has 1 N–H and O–H groups in total. The Morgan fingerprint density at radius 3 is 2.94 bits per heavy atom. The fourth-order valence-corrected chi connectivity index (χ4v) is 2.85. The van der Waals surface area contributed by atoms with E-state index in [1.807, 2.05) is 24.7 Å². The molecule has 0 saturated heterocycles. The molecule has 3 nitrogen and oxygen atoms in total. The minimum absolute atomic E-state index is 0.263. The summed E-state index contributed by atoms with van der Waals surface area (Å²) in [6.45, 7) is 2.00. The number of aliphatic hydroxyl groups excluding tert-OH is 1. The van der Waals surface area contributed by atoms with Crippen molar-refractivity contribution in [3.05, 3.63) is 27.5 Å². The van der Waals surface area contributed by atoms with E-state index in [0.717, 1.165) is 35.8 Å². The van der Waals surface area contributed by atoms with Crippen LogP contribution in [-0.2, 0) is 13.5 Å². The molecule has 4 heteroatoms. The standard InChI is InChI=1S/C13H19BrN2O/c1-9-13(14)12(16(2)15-9)8-10-5-3-4-6-11(17)7-10/h7,11,17H,3-6,8H2,1-2H3. The first-order valence-electron chi connectivity index (χ1n) is 6.13. The summed E-state index contributed by atoms with van der Waals surface area (Å²) in [6, 6.07) is 0. The highest BCUT2D eigenvalue weighted by molar-refractivity contribution is 9.10. The van der Waals surface area contributed by atoms with E-state index in [4.69, 9.17) is 0 Å². The van der Waals surface area contributed by atoms with Crippen LogP contribution in [0.2, 0.25) is 0 Å². The molecule has 1 aromatic rings. The van der Waals surface area contributed by atoms with Gasteiger partial charge in [-0.2, -0.15) is 5.10 Å². The quantitative estimate of drug-likeness (QED) is 0.853. The van der Waals surface area contributed by atoms with E-state index in [0.29, 0.717) is 0 Å². The van der Waals surface area contributed by atoms with Crippen molar-refractivity contribution in [1.82, 2.24) is 9.78 Å². The largest absolute Gasteiger partial charge is 0.389 e. The van der Waals surface area contributed by atoms with E-state index in [9.17, 15) is 5.11 Å². The molecule has 0 fully saturated rings. The van der Waals surface area contributed by atoms with Gasteiger partial charge in [-0.15, -0.1) is 0 Å². The number of hydrogen-bond acceptors (Lipinski definition) is 2. The maximum absolute atomic E-state index is 9.77. The maximum atomic E-state index is 9.77. The predicted molar refractivity (Wildman–Crippen MR) is 71.9 cm³/mol. The van der Waals surface area contributed by atoms with Crippen LogP contribution in [0, 0.1) is 6.92 Å². The lowest BCUT2D eigenvalue weighted by Crippen LogP contribution is -2.04. The van der Waals surface area contributed by atoms with Crippen molar-refractivity contribution in [3.63, 3.8) is 0 Å². The molecule has 1 heterocycles. The molecular formula is C13H19BrN2O. The number of aromatic nitrogens is 2. The molecule has 1 unspecified atom stereocenters. The Morgan fingerprint density at radius 1 is 1.53 bits per heavy atom. The molecule has 0 saturated carbocycles. The van der Waals surface area contributed by atoms with Gasteiger partial charge in [0.1, 0.15) is 0 Å². The Bertz CT molecular complexity index is 437. The van der Waals surface area contributed by atoms with Crippen molar-refractivity contribution in [3.8, 4) is 0 Å². The smallest absolute Gasteiger partial charge is 0.0738 e. The molecule has 1 aliphatic carbocycles. The number of hydrogen-bond donors (Lipinski definition) is 1. The van der Waals surface area contributed by atoms with Crippen molar-refractivity contribution >= 4 is 15.9 Å². The summed E-state index contributed by atoms with van der Waals surface area (Å²) < 4.78 is 3.02. The van der Waals surface area contributed by atoms with Crippen LogP contribution < -0.4 is 0 Å². The van der Waals surface area contributed by atoms with Gasteiger partial charge in [-0.1, -0.05) is 18.1 Å². The summed E-state index contributed by atoms with van der Waals surface area (Å²) in [4.78, 5) is 0. The normalized spacial score (nSPS) is 21.2. The number of aliphatic hydroxyl groups is 1. The van der Waals surface area contributed by atoms with Gasteiger partial charge in [0.2, 0.25) is 0 Å². The lowest BCUT2D eigenvalue weighted by atomic mass is 10.0. The van der Waals surface area contributed by atoms with Gasteiger partial charge in [0.05, 0.1) is 22.0 Å². The third-order valence-corrected chi connectivity index (χ3v) is 4.36. The number of aryl methyl sites for hydroxylation is 2. The molecule has 0 aliphatic heterocycles. The lowest BCUT2D eigenvalue weighted by Gasteiger charge is -2.07. The van der Waals surface area contributed by atoms with Crippen LogP contribution in [0.1, 0.15) is 37.1 Å². The summed E-state index contributed by atoms with van der Waals surface area (Å²) in [5, 5.41) is 14.2. The van der Waals surface area contributed by atoms with Gasteiger partial charge >= 0.3 is 0 Å². The molecular weight excluding hydrogens is 280 g/mol. The van der Waals surface area contributed by atoms with E-state index in [1.165, 1.54) is 17.7 Å². The maximum Gasteiger partial charge on any atom is 0.0738 e. The second kappa shape index (κ2) is 5.36. The van der Waals surface area contributed by atoms with Gasteiger partial charge in [-0.05, 0) is 42.1 Å². The minimum atomic E-state index is -0.263. The monoisotopic (exact) mass is 298 g/mol. The summed E-state index contributed by atoms with van der Waals surface area (Å²) in [5.74, 6) is 0. The molecule has 2 rings (SSSR count). The second-order valence-electron chi connectivity index (χ2n) is 4.78. The van der Waals surface area contributed by atoms with Crippen LogP contribution in [0.15, 0.2) is 16.1 Å². The first-order valence-corrected chi connectivity index (χ1v) is 6.93. The summed E-state index contributed by atoms with van der Waals surface area (Å²) in [5.41, 5.74) is 3.55. The number of nitrogens with zero attached hydrogens (tertiary/aromatic N) is 2. The molecule has 17 heavy (non-hydrogen) atoms. The van der Waals surface area contributed by atoms with E-state index in [2.05, 4.69) is 21.0 Å². The van der Waals surface area contributed by atoms with E-state index >= 15 is 0 Å². The minimum Gasteiger partial charge on any atom is -0.389 e. The summed E-state index contributed by atoms with van der Waals surface area (Å²) >= 11 is 3.59. The zero-order valence-electron chi connectivity index (χ0n) is 10.4. The predicted octanol–water partition coefficient (Wildman–Crippen LogP) is 2.89. The number of halogens is 1. The number of rotatable bonds is 2. The molecule has 0 spiro atoms. The van der Waals surface area contributed by atoms with E-state index in [1.54, 1.807) is 0 Å². The molecule has 1 aromatic heterocycles. The Morgan fingerprint density at radius 2 is 2.29 bits per heavy atom. The van der Waals surface area contributed by atoms with Crippen LogP contribution in [0.25, 0.3) is 0 Å². The Kier molecular flexibility index (Phi) is 4.05. The molecule has 0 aromatic carbocycles. The molecule has 0 amide bonds. The fraction of sp³-hybridized carbons (Fsp3) is 0.615. The van der Waals surface area contributed by atoms with Gasteiger partial charge in [0, 0.05) is 13.5 Å². The van der Waals surface area contributed by atoms with Crippen LogP contribution >= 0.6 is 15.9 Å².